The Labute approximate surface area is 97.0 Å². The number of hydrogen-bond acceptors (Lipinski definition) is 1. The molecule has 2 rings (SSSR count). The lowest BCUT2D eigenvalue weighted by molar-refractivity contribution is 0.401. The van der Waals surface area contributed by atoms with Gasteiger partial charge in [-0.3, -0.25) is 0 Å². The Morgan fingerprint density at radius 3 is 2.67 bits per heavy atom. The Bertz CT molecular complexity index is 344. The van der Waals surface area contributed by atoms with E-state index in [1.54, 1.807) is 0 Å². The van der Waals surface area contributed by atoms with Gasteiger partial charge in [-0.05, 0) is 37.8 Å². The van der Waals surface area contributed by atoms with Gasteiger partial charge in [0.25, 0.3) is 0 Å². The molecule has 1 aliphatic carbocycles. The Morgan fingerprint density at radius 2 is 2.13 bits per heavy atom. The lowest BCUT2D eigenvalue weighted by atomic mass is 9.91. The van der Waals surface area contributed by atoms with Crippen LogP contribution < -0.4 is 4.90 Å². The molecule has 1 aliphatic rings. The maximum absolute atomic E-state index is 5.99. The first kappa shape index (κ1) is 10.8. The molecule has 1 saturated carbocycles. The van der Waals surface area contributed by atoms with Crippen molar-refractivity contribution in [2.75, 3.05) is 11.9 Å². The highest BCUT2D eigenvalue weighted by atomic mass is 35.5. The van der Waals surface area contributed by atoms with E-state index in [0.29, 0.717) is 5.88 Å². The molecule has 2 heteroatoms. The molecule has 0 aliphatic heterocycles. The lowest BCUT2D eigenvalue weighted by Gasteiger charge is -2.37. The predicted octanol–water partition coefficient (Wildman–Crippen LogP) is 3.72. The monoisotopic (exact) mass is 223 g/mol. The van der Waals surface area contributed by atoms with Crippen molar-refractivity contribution in [1.82, 2.24) is 0 Å². The zero-order valence-electron chi connectivity index (χ0n) is 9.46. The first-order valence-electron chi connectivity index (χ1n) is 5.60. The van der Waals surface area contributed by atoms with Crippen LogP contribution in [0.25, 0.3) is 0 Å². The van der Waals surface area contributed by atoms with E-state index in [-0.39, 0.29) is 0 Å². The van der Waals surface area contributed by atoms with Crippen molar-refractivity contribution in [1.29, 1.82) is 0 Å². The van der Waals surface area contributed by atoms with Crippen molar-refractivity contribution >= 4 is 17.3 Å². The van der Waals surface area contributed by atoms with Crippen LogP contribution in [0.15, 0.2) is 18.2 Å². The third-order valence-electron chi connectivity index (χ3n) is 3.38. The molecule has 0 bridgehead atoms. The minimum Gasteiger partial charge on any atom is -0.371 e. The second-order valence-electron chi connectivity index (χ2n) is 4.46. The number of halogens is 1. The van der Waals surface area contributed by atoms with Gasteiger partial charge < -0.3 is 4.90 Å². The predicted molar refractivity (Wildman–Crippen MR) is 66.8 cm³/mol. The smallest absolute Gasteiger partial charge is 0.0494 e. The molecular formula is C13H18ClN. The summed E-state index contributed by atoms with van der Waals surface area (Å²) in [6.45, 7) is 2.11. The molecule has 1 aromatic rings. The number of aryl methyl sites for hydroxylation is 1. The molecule has 1 fully saturated rings. The van der Waals surface area contributed by atoms with Gasteiger partial charge >= 0.3 is 0 Å². The zero-order valence-corrected chi connectivity index (χ0v) is 10.2. The van der Waals surface area contributed by atoms with Gasteiger partial charge in [-0.15, -0.1) is 11.6 Å². The fourth-order valence-corrected chi connectivity index (χ4v) is 2.35. The van der Waals surface area contributed by atoms with Gasteiger partial charge in [-0.2, -0.15) is 0 Å². The summed E-state index contributed by atoms with van der Waals surface area (Å²) in [6.07, 6.45) is 4.02. The summed E-state index contributed by atoms with van der Waals surface area (Å²) in [5.74, 6) is 0.605. The van der Waals surface area contributed by atoms with Crippen LogP contribution in [0.5, 0.6) is 0 Å². The van der Waals surface area contributed by atoms with Gasteiger partial charge in [-0.25, -0.2) is 0 Å². The highest BCUT2D eigenvalue weighted by Crippen LogP contribution is 2.31. The van der Waals surface area contributed by atoms with E-state index < -0.39 is 0 Å². The number of nitrogens with zero attached hydrogens (tertiary/aromatic N) is 1. The zero-order chi connectivity index (χ0) is 10.8. The quantitative estimate of drug-likeness (QED) is 0.706. The highest BCUT2D eigenvalue weighted by molar-refractivity contribution is 6.17. The van der Waals surface area contributed by atoms with Crippen LogP contribution in [0, 0.1) is 6.92 Å². The topological polar surface area (TPSA) is 3.24 Å². The molecule has 1 nitrogen and oxygen atoms in total. The maximum Gasteiger partial charge on any atom is 0.0494 e. The third-order valence-corrected chi connectivity index (χ3v) is 3.67. The first-order chi connectivity index (χ1) is 7.22. The van der Waals surface area contributed by atoms with Crippen LogP contribution in [0.3, 0.4) is 0 Å². The number of rotatable bonds is 3. The van der Waals surface area contributed by atoms with Crippen LogP contribution >= 0.6 is 11.6 Å². The Kier molecular flexibility index (Phi) is 3.20. The second-order valence-corrected chi connectivity index (χ2v) is 4.73. The molecule has 0 unspecified atom stereocenters. The normalized spacial score (nSPS) is 16.2. The fourth-order valence-electron chi connectivity index (χ4n) is 2.14. The van der Waals surface area contributed by atoms with Crippen molar-refractivity contribution < 1.29 is 0 Å². The number of hydrogen-bond donors (Lipinski definition) is 0. The van der Waals surface area contributed by atoms with Gasteiger partial charge in [0.1, 0.15) is 0 Å². The first-order valence-corrected chi connectivity index (χ1v) is 6.14. The number of alkyl halides is 1. The molecule has 0 atom stereocenters. The SMILES string of the molecule is Cc1ccc(N(C)C2CCC2)c(CCl)c1. The summed E-state index contributed by atoms with van der Waals surface area (Å²) in [4.78, 5) is 2.39. The Balaban J connectivity index is 2.25. The largest absolute Gasteiger partial charge is 0.371 e. The summed E-state index contributed by atoms with van der Waals surface area (Å²) in [5, 5.41) is 0. The maximum atomic E-state index is 5.99. The molecule has 0 saturated heterocycles. The molecule has 0 heterocycles. The molecule has 0 aromatic heterocycles. The third kappa shape index (κ3) is 2.12. The summed E-state index contributed by atoms with van der Waals surface area (Å²) < 4.78 is 0. The fraction of sp³-hybridized carbons (Fsp3) is 0.538. The van der Waals surface area contributed by atoms with E-state index in [9.17, 15) is 0 Å². The van der Waals surface area contributed by atoms with Crippen LogP contribution in [-0.4, -0.2) is 13.1 Å². The van der Waals surface area contributed by atoms with Gasteiger partial charge in [0, 0.05) is 24.7 Å². The molecular weight excluding hydrogens is 206 g/mol. The van der Waals surface area contributed by atoms with E-state index in [4.69, 9.17) is 11.6 Å². The molecule has 15 heavy (non-hydrogen) atoms. The number of benzene rings is 1. The highest BCUT2D eigenvalue weighted by Gasteiger charge is 2.23. The molecule has 0 spiro atoms. The van der Waals surface area contributed by atoms with Crippen molar-refractivity contribution in [2.24, 2.45) is 0 Å². The summed E-state index contributed by atoms with van der Waals surface area (Å²) >= 11 is 5.99. The average Bonchev–Trinajstić information content (AvgIpc) is 2.14. The summed E-state index contributed by atoms with van der Waals surface area (Å²) in [5.41, 5.74) is 3.85. The van der Waals surface area contributed by atoms with E-state index in [1.807, 2.05) is 0 Å². The van der Waals surface area contributed by atoms with E-state index >= 15 is 0 Å². The molecule has 0 amide bonds. The molecule has 0 radical (unpaired) electrons. The van der Waals surface area contributed by atoms with Crippen LogP contribution in [0.4, 0.5) is 5.69 Å². The molecule has 82 valence electrons. The minimum atomic E-state index is 0.605. The van der Waals surface area contributed by atoms with Crippen molar-refractivity contribution in [3.8, 4) is 0 Å². The summed E-state index contributed by atoms with van der Waals surface area (Å²) in [6, 6.07) is 7.29. The average molecular weight is 224 g/mol. The van der Waals surface area contributed by atoms with Gasteiger partial charge in [0.15, 0.2) is 0 Å². The van der Waals surface area contributed by atoms with Gasteiger partial charge in [-0.1, -0.05) is 17.7 Å². The van der Waals surface area contributed by atoms with E-state index in [0.717, 1.165) is 6.04 Å². The van der Waals surface area contributed by atoms with Gasteiger partial charge in [0.05, 0.1) is 0 Å². The van der Waals surface area contributed by atoms with Crippen LogP contribution in [0.2, 0.25) is 0 Å². The minimum absolute atomic E-state index is 0.605. The van der Waals surface area contributed by atoms with Gasteiger partial charge in [0.2, 0.25) is 0 Å². The molecule has 0 N–H and O–H groups in total. The van der Waals surface area contributed by atoms with E-state index in [1.165, 1.54) is 36.1 Å². The standard InChI is InChI=1S/C13H18ClN/c1-10-6-7-13(11(8-10)9-14)15(2)12-4-3-5-12/h6-8,12H,3-5,9H2,1-2H3. The lowest BCUT2D eigenvalue weighted by Crippen LogP contribution is -2.37. The summed E-state index contributed by atoms with van der Waals surface area (Å²) in [7, 11) is 2.19. The van der Waals surface area contributed by atoms with Crippen molar-refractivity contribution in [2.45, 2.75) is 38.1 Å². The Morgan fingerprint density at radius 1 is 1.40 bits per heavy atom. The van der Waals surface area contributed by atoms with Crippen molar-refractivity contribution in [3.05, 3.63) is 29.3 Å². The van der Waals surface area contributed by atoms with E-state index in [2.05, 4.69) is 37.1 Å². The van der Waals surface area contributed by atoms with Crippen LogP contribution in [-0.2, 0) is 5.88 Å². The Hall–Kier alpha value is -0.690. The molecule has 1 aromatic carbocycles. The number of anilines is 1. The van der Waals surface area contributed by atoms with Crippen molar-refractivity contribution in [3.63, 3.8) is 0 Å². The van der Waals surface area contributed by atoms with Crippen LogP contribution in [0.1, 0.15) is 30.4 Å². The second kappa shape index (κ2) is 4.44.